The summed E-state index contributed by atoms with van der Waals surface area (Å²) in [5.41, 5.74) is 0.658. The van der Waals surface area contributed by atoms with Gasteiger partial charge in [-0.1, -0.05) is 44.5 Å². The van der Waals surface area contributed by atoms with Gasteiger partial charge in [-0.25, -0.2) is 13.2 Å². The van der Waals surface area contributed by atoms with Crippen molar-refractivity contribution in [1.82, 2.24) is 0 Å². The summed E-state index contributed by atoms with van der Waals surface area (Å²) in [6.45, 7) is 6.09. The van der Waals surface area contributed by atoms with Crippen LogP contribution in [0.2, 0.25) is 5.02 Å². The smallest absolute Gasteiger partial charge is 0.337 e. The first-order valence-corrected chi connectivity index (χ1v) is 9.03. The number of carbonyl (C=O) groups is 1. The molecule has 2 N–H and O–H groups in total. The number of hydrogen-bond acceptors (Lipinski definition) is 3. The second kappa shape index (κ2) is 6.45. The molecule has 2 aromatic rings. The zero-order valence-corrected chi connectivity index (χ0v) is 15.1. The van der Waals surface area contributed by atoms with Crippen LogP contribution in [0.1, 0.15) is 36.7 Å². The molecule has 128 valence electrons. The molecule has 0 radical (unpaired) electrons. The van der Waals surface area contributed by atoms with E-state index in [1.807, 2.05) is 20.8 Å². The second-order valence-corrected chi connectivity index (χ2v) is 8.49. The fourth-order valence-corrected chi connectivity index (χ4v) is 3.37. The third-order valence-electron chi connectivity index (χ3n) is 3.49. The molecule has 2 rings (SSSR count). The van der Waals surface area contributed by atoms with Gasteiger partial charge in [0.05, 0.1) is 16.1 Å². The Morgan fingerprint density at radius 2 is 1.67 bits per heavy atom. The van der Waals surface area contributed by atoms with Crippen molar-refractivity contribution in [3.8, 4) is 0 Å². The molecule has 0 fully saturated rings. The van der Waals surface area contributed by atoms with Gasteiger partial charge in [0.15, 0.2) is 0 Å². The zero-order chi connectivity index (χ0) is 18.1. The van der Waals surface area contributed by atoms with Crippen molar-refractivity contribution in [3.05, 3.63) is 58.6 Å². The number of anilines is 1. The average Bonchev–Trinajstić information content (AvgIpc) is 2.48. The van der Waals surface area contributed by atoms with Gasteiger partial charge in [0.2, 0.25) is 0 Å². The summed E-state index contributed by atoms with van der Waals surface area (Å²) in [4.78, 5) is 11.3. The number of carboxylic acids is 1. The fourth-order valence-electron chi connectivity index (χ4n) is 2.12. The van der Waals surface area contributed by atoms with Crippen LogP contribution in [0.5, 0.6) is 0 Å². The van der Waals surface area contributed by atoms with Crippen molar-refractivity contribution in [2.75, 3.05) is 4.72 Å². The maximum atomic E-state index is 12.5. The van der Waals surface area contributed by atoms with Gasteiger partial charge in [-0.2, -0.15) is 0 Å². The number of halogens is 1. The normalized spacial score (nSPS) is 12.0. The number of benzene rings is 2. The van der Waals surface area contributed by atoms with Crippen molar-refractivity contribution < 1.29 is 18.3 Å². The van der Waals surface area contributed by atoms with Crippen LogP contribution < -0.4 is 4.72 Å². The lowest BCUT2D eigenvalue weighted by molar-refractivity contribution is 0.0698. The molecule has 0 spiro atoms. The van der Waals surface area contributed by atoms with Crippen molar-refractivity contribution in [2.45, 2.75) is 31.1 Å². The van der Waals surface area contributed by atoms with Crippen LogP contribution in [0.25, 0.3) is 0 Å². The molecular formula is C17H18ClNO4S. The van der Waals surface area contributed by atoms with E-state index in [2.05, 4.69) is 4.72 Å². The highest BCUT2D eigenvalue weighted by Gasteiger charge is 2.20. The summed E-state index contributed by atoms with van der Waals surface area (Å²) in [5, 5.41) is 9.40. The predicted molar refractivity (Wildman–Crippen MR) is 94.4 cm³/mol. The number of aromatic carboxylic acids is 1. The Balaban J connectivity index is 2.37. The van der Waals surface area contributed by atoms with Crippen molar-refractivity contribution in [2.24, 2.45) is 0 Å². The molecule has 7 heteroatoms. The van der Waals surface area contributed by atoms with Gasteiger partial charge in [-0.05, 0) is 41.3 Å². The molecule has 2 aromatic carbocycles. The van der Waals surface area contributed by atoms with E-state index < -0.39 is 16.0 Å². The SMILES string of the molecule is CC(C)(C)c1ccc(S(=O)(=O)Nc2ccc(Cl)cc2C(=O)O)cc1. The molecule has 0 bridgehead atoms. The monoisotopic (exact) mass is 367 g/mol. The number of sulfonamides is 1. The van der Waals surface area contributed by atoms with Gasteiger partial charge in [0.25, 0.3) is 10.0 Å². The summed E-state index contributed by atoms with van der Waals surface area (Å²) in [7, 11) is -3.90. The highest BCUT2D eigenvalue weighted by atomic mass is 35.5. The van der Waals surface area contributed by atoms with Crippen LogP contribution in [-0.4, -0.2) is 19.5 Å². The quantitative estimate of drug-likeness (QED) is 0.850. The molecule has 0 aliphatic heterocycles. The number of nitrogens with one attached hydrogen (secondary N) is 1. The largest absolute Gasteiger partial charge is 0.478 e. The summed E-state index contributed by atoms with van der Waals surface area (Å²) in [6.07, 6.45) is 0. The Hall–Kier alpha value is -2.05. The molecule has 5 nitrogen and oxygen atoms in total. The number of hydrogen-bond donors (Lipinski definition) is 2. The van der Waals surface area contributed by atoms with Crippen LogP contribution in [0.4, 0.5) is 5.69 Å². The van der Waals surface area contributed by atoms with E-state index in [1.165, 1.54) is 30.3 Å². The lowest BCUT2D eigenvalue weighted by atomic mass is 9.87. The third kappa shape index (κ3) is 4.07. The van der Waals surface area contributed by atoms with Gasteiger partial charge < -0.3 is 5.11 Å². The first-order chi connectivity index (χ1) is 11.0. The number of rotatable bonds is 4. The maximum Gasteiger partial charge on any atom is 0.337 e. The molecule has 0 unspecified atom stereocenters. The second-order valence-electron chi connectivity index (χ2n) is 6.37. The summed E-state index contributed by atoms with van der Waals surface area (Å²) >= 11 is 5.77. The molecule has 0 aromatic heterocycles. The van der Waals surface area contributed by atoms with E-state index in [-0.39, 0.29) is 26.6 Å². The van der Waals surface area contributed by atoms with E-state index in [0.717, 1.165) is 5.56 Å². The maximum absolute atomic E-state index is 12.5. The van der Waals surface area contributed by atoms with Crippen LogP contribution in [0.15, 0.2) is 47.4 Å². The van der Waals surface area contributed by atoms with Gasteiger partial charge >= 0.3 is 5.97 Å². The Bertz CT molecular complexity index is 868. The average molecular weight is 368 g/mol. The predicted octanol–water partition coefficient (Wildman–Crippen LogP) is 4.14. The first kappa shape index (κ1) is 18.3. The molecule has 0 saturated heterocycles. The Labute approximate surface area is 146 Å². The molecule has 0 atom stereocenters. The standard InChI is InChI=1S/C17H18ClNO4S/c1-17(2,3)11-4-7-13(8-5-11)24(22,23)19-15-9-6-12(18)10-14(15)16(20)21/h4-10,19H,1-3H3,(H,20,21). The summed E-state index contributed by atoms with van der Waals surface area (Å²) in [5.74, 6) is -1.27. The third-order valence-corrected chi connectivity index (χ3v) is 5.10. The minimum atomic E-state index is -3.90. The van der Waals surface area contributed by atoms with Crippen LogP contribution in [0.3, 0.4) is 0 Å². The Kier molecular flexibility index (Phi) is 4.92. The van der Waals surface area contributed by atoms with Crippen molar-refractivity contribution in [1.29, 1.82) is 0 Å². The topological polar surface area (TPSA) is 83.5 Å². The highest BCUT2D eigenvalue weighted by Crippen LogP contribution is 2.26. The van der Waals surface area contributed by atoms with E-state index >= 15 is 0 Å². The first-order valence-electron chi connectivity index (χ1n) is 7.17. The van der Waals surface area contributed by atoms with Crippen molar-refractivity contribution in [3.63, 3.8) is 0 Å². The molecule has 0 aliphatic carbocycles. The molecule has 0 aliphatic rings. The minimum absolute atomic E-state index is 0.0354. The van der Waals surface area contributed by atoms with E-state index in [1.54, 1.807) is 12.1 Å². The lowest BCUT2D eigenvalue weighted by Gasteiger charge is -2.19. The number of carboxylic acid groups (broad SMARTS) is 1. The van der Waals surface area contributed by atoms with E-state index in [9.17, 15) is 18.3 Å². The van der Waals surface area contributed by atoms with Crippen LogP contribution in [0, 0.1) is 0 Å². The lowest BCUT2D eigenvalue weighted by Crippen LogP contribution is -2.16. The zero-order valence-electron chi connectivity index (χ0n) is 13.5. The van der Waals surface area contributed by atoms with Crippen LogP contribution in [-0.2, 0) is 15.4 Å². The molecule has 0 amide bonds. The van der Waals surface area contributed by atoms with Crippen LogP contribution >= 0.6 is 11.6 Å². The minimum Gasteiger partial charge on any atom is -0.478 e. The fraction of sp³-hybridized carbons (Fsp3) is 0.235. The Morgan fingerprint density at radius 3 is 2.17 bits per heavy atom. The van der Waals surface area contributed by atoms with Gasteiger partial charge in [-0.3, -0.25) is 4.72 Å². The highest BCUT2D eigenvalue weighted by molar-refractivity contribution is 7.92. The van der Waals surface area contributed by atoms with Gasteiger partial charge in [-0.15, -0.1) is 0 Å². The molecule has 0 heterocycles. The van der Waals surface area contributed by atoms with Gasteiger partial charge in [0.1, 0.15) is 0 Å². The van der Waals surface area contributed by atoms with Gasteiger partial charge in [0, 0.05) is 5.02 Å². The van der Waals surface area contributed by atoms with E-state index in [0.29, 0.717) is 0 Å². The Morgan fingerprint density at radius 1 is 1.08 bits per heavy atom. The summed E-state index contributed by atoms with van der Waals surface area (Å²) < 4.78 is 27.3. The van der Waals surface area contributed by atoms with Crippen molar-refractivity contribution >= 4 is 33.3 Å². The van der Waals surface area contributed by atoms with E-state index in [4.69, 9.17) is 11.6 Å². The molecule has 0 saturated carbocycles. The summed E-state index contributed by atoms with van der Waals surface area (Å²) in [6, 6.07) is 10.4. The molecular weight excluding hydrogens is 350 g/mol. The molecule has 24 heavy (non-hydrogen) atoms.